The van der Waals surface area contributed by atoms with Gasteiger partial charge in [-0.3, -0.25) is 19.9 Å². The average Bonchev–Trinajstić information content (AvgIpc) is 3.48. The summed E-state index contributed by atoms with van der Waals surface area (Å²) in [6, 6.07) is 10.4. The van der Waals surface area contributed by atoms with E-state index >= 15 is 0 Å². The van der Waals surface area contributed by atoms with Gasteiger partial charge in [0, 0.05) is 42.8 Å². The number of nitrogens with zero attached hydrogens (tertiary/aromatic N) is 4. The molecule has 3 aromatic heterocycles. The first kappa shape index (κ1) is 21.7. The number of imide groups is 1. The number of carbonyl (C=O) groups excluding carboxylic acids is 2. The molecule has 2 aliphatic heterocycles. The van der Waals surface area contributed by atoms with Gasteiger partial charge in [0.2, 0.25) is 5.95 Å². The Hall–Kier alpha value is -3.08. The summed E-state index contributed by atoms with van der Waals surface area (Å²) in [7, 11) is 0. The van der Waals surface area contributed by atoms with Crippen molar-refractivity contribution in [2.45, 2.75) is 25.4 Å². The molecule has 0 radical (unpaired) electrons. The molecule has 5 heterocycles. The van der Waals surface area contributed by atoms with Gasteiger partial charge in [-0.15, -0.1) is 0 Å². The molecule has 0 saturated carbocycles. The normalized spacial score (nSPS) is 18.2. The van der Waals surface area contributed by atoms with Crippen LogP contribution >= 0.6 is 23.1 Å². The second kappa shape index (κ2) is 9.82. The smallest absolute Gasteiger partial charge is 0.290 e. The number of aromatic nitrogens is 3. The second-order valence-corrected chi connectivity index (χ2v) is 9.60. The molecule has 0 unspecified atom stereocenters. The lowest BCUT2D eigenvalue weighted by Crippen LogP contribution is -2.43. The van der Waals surface area contributed by atoms with E-state index in [-0.39, 0.29) is 11.1 Å². The number of hydrogen-bond acceptors (Lipinski definition) is 9. The van der Waals surface area contributed by atoms with Crippen LogP contribution in [0.3, 0.4) is 0 Å². The van der Waals surface area contributed by atoms with Gasteiger partial charge in [0.25, 0.3) is 11.1 Å². The molecule has 2 saturated heterocycles. The topological polar surface area (TPSA) is 100 Å². The molecule has 33 heavy (non-hydrogen) atoms. The molecule has 0 atom stereocenters. The first-order valence-electron chi connectivity index (χ1n) is 10.7. The molecule has 10 heteroatoms. The molecule has 168 valence electrons. The molecule has 2 N–H and O–H groups in total. The Bertz CT molecular complexity index is 1190. The SMILES string of the molecule is O=C1NC(=O)/C(=C/c2ccnc(N3CCC(NCc4cccc(-c5ccsc5)n4)CC3)n2)S1. The second-order valence-electron chi connectivity index (χ2n) is 7.80. The van der Waals surface area contributed by atoms with Gasteiger partial charge >= 0.3 is 0 Å². The summed E-state index contributed by atoms with van der Waals surface area (Å²) in [5, 5.41) is 9.71. The fourth-order valence-electron chi connectivity index (χ4n) is 3.83. The molecule has 0 bridgehead atoms. The van der Waals surface area contributed by atoms with E-state index in [0.717, 1.165) is 61.2 Å². The summed E-state index contributed by atoms with van der Waals surface area (Å²) in [5.74, 6) is 0.259. The number of pyridine rings is 1. The van der Waals surface area contributed by atoms with Gasteiger partial charge in [0.1, 0.15) is 0 Å². The van der Waals surface area contributed by atoms with Crippen LogP contribution in [0.2, 0.25) is 0 Å². The summed E-state index contributed by atoms with van der Waals surface area (Å²) in [6.07, 6.45) is 5.27. The monoisotopic (exact) mass is 478 g/mol. The van der Waals surface area contributed by atoms with Gasteiger partial charge in [-0.05, 0) is 60.3 Å². The van der Waals surface area contributed by atoms with Crippen LogP contribution in [0.25, 0.3) is 17.3 Å². The van der Waals surface area contributed by atoms with E-state index < -0.39 is 0 Å². The average molecular weight is 479 g/mol. The maximum atomic E-state index is 11.8. The number of thiophene rings is 1. The lowest BCUT2D eigenvalue weighted by molar-refractivity contribution is -0.115. The van der Waals surface area contributed by atoms with Crippen molar-refractivity contribution in [2.75, 3.05) is 18.0 Å². The van der Waals surface area contributed by atoms with Crippen LogP contribution in [-0.2, 0) is 11.3 Å². The maximum Gasteiger partial charge on any atom is 0.290 e. The number of piperidine rings is 1. The Kier molecular flexibility index (Phi) is 6.47. The lowest BCUT2D eigenvalue weighted by Gasteiger charge is -2.32. The van der Waals surface area contributed by atoms with E-state index in [4.69, 9.17) is 4.98 Å². The minimum Gasteiger partial charge on any atom is -0.341 e. The quantitative estimate of drug-likeness (QED) is 0.518. The van der Waals surface area contributed by atoms with Crippen molar-refractivity contribution < 1.29 is 9.59 Å². The highest BCUT2D eigenvalue weighted by molar-refractivity contribution is 8.18. The zero-order valence-corrected chi connectivity index (χ0v) is 19.4. The molecule has 0 spiro atoms. The van der Waals surface area contributed by atoms with Crippen LogP contribution in [0.5, 0.6) is 0 Å². The van der Waals surface area contributed by atoms with Crippen molar-refractivity contribution in [3.63, 3.8) is 0 Å². The number of amides is 2. The largest absolute Gasteiger partial charge is 0.341 e. The van der Waals surface area contributed by atoms with Gasteiger partial charge in [0.05, 0.1) is 22.0 Å². The van der Waals surface area contributed by atoms with Gasteiger partial charge in [-0.25, -0.2) is 9.97 Å². The third-order valence-electron chi connectivity index (χ3n) is 5.56. The number of carbonyl (C=O) groups is 2. The van der Waals surface area contributed by atoms with Crippen LogP contribution in [0, 0.1) is 0 Å². The van der Waals surface area contributed by atoms with E-state index in [1.807, 2.05) is 6.07 Å². The highest BCUT2D eigenvalue weighted by Crippen LogP contribution is 2.26. The first-order chi connectivity index (χ1) is 16.1. The van der Waals surface area contributed by atoms with Crippen molar-refractivity contribution in [2.24, 2.45) is 0 Å². The summed E-state index contributed by atoms with van der Waals surface area (Å²) in [6.45, 7) is 2.42. The third kappa shape index (κ3) is 5.29. The molecule has 0 aromatic carbocycles. The number of thioether (sulfide) groups is 1. The van der Waals surface area contributed by atoms with Crippen LogP contribution in [0.1, 0.15) is 24.2 Å². The summed E-state index contributed by atoms with van der Waals surface area (Å²) in [4.78, 5) is 39.4. The van der Waals surface area contributed by atoms with Gasteiger partial charge in [0.15, 0.2) is 0 Å². The van der Waals surface area contributed by atoms with Crippen LogP contribution in [-0.4, -0.2) is 45.2 Å². The fraction of sp³-hybridized carbons (Fsp3) is 0.261. The zero-order valence-electron chi connectivity index (χ0n) is 17.7. The van der Waals surface area contributed by atoms with Gasteiger partial charge in [-0.2, -0.15) is 11.3 Å². The Balaban J connectivity index is 1.16. The molecule has 0 aliphatic carbocycles. The van der Waals surface area contributed by atoms with Crippen molar-refractivity contribution in [3.8, 4) is 11.3 Å². The first-order valence-corrected chi connectivity index (χ1v) is 12.4. The zero-order chi connectivity index (χ0) is 22.6. The third-order valence-corrected chi connectivity index (χ3v) is 7.05. The molecule has 2 amide bonds. The van der Waals surface area contributed by atoms with Crippen LogP contribution in [0.4, 0.5) is 10.7 Å². The van der Waals surface area contributed by atoms with Crippen LogP contribution in [0.15, 0.2) is 52.2 Å². The Morgan fingerprint density at radius 3 is 2.79 bits per heavy atom. The summed E-state index contributed by atoms with van der Waals surface area (Å²) < 4.78 is 0. The van der Waals surface area contributed by atoms with Crippen molar-refractivity contribution >= 4 is 46.3 Å². The number of rotatable bonds is 6. The van der Waals surface area contributed by atoms with Crippen molar-refractivity contribution in [1.29, 1.82) is 0 Å². The molecule has 3 aromatic rings. The molecule has 5 rings (SSSR count). The summed E-state index contributed by atoms with van der Waals surface area (Å²) in [5.41, 5.74) is 3.82. The highest BCUT2D eigenvalue weighted by atomic mass is 32.2. The molecule has 2 fully saturated rings. The predicted octanol–water partition coefficient (Wildman–Crippen LogP) is 3.68. The maximum absolute atomic E-state index is 11.8. The van der Waals surface area contributed by atoms with Crippen LogP contribution < -0.4 is 15.5 Å². The molecular formula is C23H22N6O2S2. The van der Waals surface area contributed by atoms with Gasteiger partial charge in [-0.1, -0.05) is 6.07 Å². The predicted molar refractivity (Wildman–Crippen MR) is 131 cm³/mol. The molecular weight excluding hydrogens is 456 g/mol. The van der Waals surface area contributed by atoms with E-state index in [2.05, 4.69) is 54.5 Å². The number of anilines is 1. The summed E-state index contributed by atoms with van der Waals surface area (Å²) >= 11 is 2.57. The van der Waals surface area contributed by atoms with E-state index in [0.29, 0.717) is 22.6 Å². The standard InChI is InChI=1S/C23H22N6O2S2/c30-21-20(33-23(31)28-21)12-17-4-8-24-22(27-17)29-9-5-16(6-10-29)25-13-18-2-1-3-19(26-18)15-7-11-32-14-15/h1-4,7-8,11-12,14,16,25H,5-6,9-10,13H2,(H,28,30,31)/b20-12-. The Morgan fingerprint density at radius 1 is 1.15 bits per heavy atom. The number of nitrogens with one attached hydrogen (secondary N) is 2. The molecule has 8 nitrogen and oxygen atoms in total. The van der Waals surface area contributed by atoms with E-state index in [1.54, 1.807) is 29.7 Å². The Labute approximate surface area is 199 Å². The van der Waals surface area contributed by atoms with Gasteiger partial charge < -0.3 is 10.2 Å². The Morgan fingerprint density at radius 2 is 2.03 bits per heavy atom. The minimum atomic E-state index is -0.382. The van der Waals surface area contributed by atoms with E-state index in [1.165, 1.54) is 0 Å². The minimum absolute atomic E-state index is 0.351. The lowest BCUT2D eigenvalue weighted by atomic mass is 10.1. The van der Waals surface area contributed by atoms with Crippen molar-refractivity contribution in [1.82, 2.24) is 25.6 Å². The molecule has 2 aliphatic rings. The van der Waals surface area contributed by atoms with E-state index in [9.17, 15) is 9.59 Å². The number of hydrogen-bond donors (Lipinski definition) is 2. The van der Waals surface area contributed by atoms with Crippen molar-refractivity contribution in [3.05, 3.63) is 63.6 Å². The highest BCUT2D eigenvalue weighted by Gasteiger charge is 2.25. The fourth-order valence-corrected chi connectivity index (χ4v) is 5.15.